The van der Waals surface area contributed by atoms with Crippen LogP contribution >= 0.6 is 11.3 Å². The number of hydrogen-bond acceptors (Lipinski definition) is 3. The molecule has 4 heteroatoms. The van der Waals surface area contributed by atoms with E-state index in [0.29, 0.717) is 5.13 Å². The standard InChI is InChI=1S/C3H4N2S.Na.H/c4-3-5-1-2-6-3;;/h1-2H,(H2,4,5);;/q;+1;-1. The van der Waals surface area contributed by atoms with Crippen molar-refractivity contribution in [2.45, 2.75) is 0 Å². The van der Waals surface area contributed by atoms with Crippen LogP contribution in [0.4, 0.5) is 5.13 Å². The molecule has 0 aromatic carbocycles. The predicted octanol–water partition coefficient (Wildman–Crippen LogP) is -2.16. The Labute approximate surface area is 69.5 Å². The summed E-state index contributed by atoms with van der Waals surface area (Å²) in [6, 6.07) is 0. The molecule has 0 saturated heterocycles. The van der Waals surface area contributed by atoms with Crippen molar-refractivity contribution in [1.29, 1.82) is 0 Å². The summed E-state index contributed by atoms with van der Waals surface area (Å²) >= 11 is 1.44. The van der Waals surface area contributed by atoms with Crippen LogP contribution in [-0.2, 0) is 0 Å². The van der Waals surface area contributed by atoms with Crippen LogP contribution in [0.1, 0.15) is 1.43 Å². The largest absolute Gasteiger partial charge is 1.00 e. The molecule has 0 atom stereocenters. The van der Waals surface area contributed by atoms with Gasteiger partial charge < -0.3 is 7.16 Å². The molecular formula is C3H5N2NaS. The van der Waals surface area contributed by atoms with Crippen LogP contribution in [0.2, 0.25) is 0 Å². The Bertz CT molecular complexity index is 121. The summed E-state index contributed by atoms with van der Waals surface area (Å²) in [5.74, 6) is 0. The van der Waals surface area contributed by atoms with E-state index in [-0.39, 0.29) is 31.0 Å². The van der Waals surface area contributed by atoms with Crippen molar-refractivity contribution >= 4 is 16.5 Å². The normalized spacial score (nSPS) is 7.43. The summed E-state index contributed by atoms with van der Waals surface area (Å²) in [4.78, 5) is 3.71. The van der Waals surface area contributed by atoms with E-state index in [4.69, 9.17) is 5.73 Å². The average molecular weight is 124 g/mol. The van der Waals surface area contributed by atoms with E-state index in [1.807, 2.05) is 5.38 Å². The van der Waals surface area contributed by atoms with Crippen LogP contribution in [-0.4, -0.2) is 4.98 Å². The molecule has 0 radical (unpaired) electrons. The molecule has 0 saturated carbocycles. The number of anilines is 1. The van der Waals surface area contributed by atoms with Crippen molar-refractivity contribution in [3.05, 3.63) is 11.6 Å². The minimum Gasteiger partial charge on any atom is -1.00 e. The molecule has 2 nitrogen and oxygen atoms in total. The van der Waals surface area contributed by atoms with Crippen LogP contribution in [0, 0.1) is 0 Å². The molecule has 0 aliphatic heterocycles. The van der Waals surface area contributed by atoms with E-state index < -0.39 is 0 Å². The molecule has 0 spiro atoms. The summed E-state index contributed by atoms with van der Waals surface area (Å²) in [6.07, 6.45) is 1.68. The molecule has 1 heterocycles. The Morgan fingerprint density at radius 3 is 2.71 bits per heavy atom. The smallest absolute Gasteiger partial charge is 1.00 e. The summed E-state index contributed by atoms with van der Waals surface area (Å²) in [6.45, 7) is 0. The van der Waals surface area contributed by atoms with Gasteiger partial charge >= 0.3 is 29.6 Å². The zero-order valence-corrected chi connectivity index (χ0v) is 6.90. The van der Waals surface area contributed by atoms with Gasteiger partial charge in [-0.1, -0.05) is 0 Å². The minimum atomic E-state index is 0. The van der Waals surface area contributed by atoms with Gasteiger partial charge in [-0.2, -0.15) is 0 Å². The van der Waals surface area contributed by atoms with Crippen molar-refractivity contribution in [2.75, 3.05) is 5.73 Å². The number of rotatable bonds is 0. The maximum absolute atomic E-state index is 5.19. The maximum Gasteiger partial charge on any atom is 1.00 e. The van der Waals surface area contributed by atoms with Gasteiger partial charge in [-0.15, -0.1) is 11.3 Å². The fourth-order valence-corrected chi connectivity index (χ4v) is 0.617. The first kappa shape index (κ1) is 7.43. The molecule has 0 bridgehead atoms. The summed E-state index contributed by atoms with van der Waals surface area (Å²) < 4.78 is 0. The third kappa shape index (κ3) is 2.29. The second kappa shape index (κ2) is 3.43. The quantitative estimate of drug-likeness (QED) is 0.400. The molecule has 0 aliphatic rings. The number of hydrogen-bond donors (Lipinski definition) is 1. The molecule has 1 aromatic rings. The van der Waals surface area contributed by atoms with Crippen LogP contribution in [0.15, 0.2) is 11.6 Å². The second-order valence-corrected chi connectivity index (χ2v) is 1.80. The average Bonchev–Trinajstić information content (AvgIpc) is 1.86. The predicted molar refractivity (Wildman–Crippen MR) is 27.6 cm³/mol. The summed E-state index contributed by atoms with van der Waals surface area (Å²) in [7, 11) is 0. The second-order valence-electron chi connectivity index (χ2n) is 0.870. The van der Waals surface area contributed by atoms with Gasteiger partial charge in [0.2, 0.25) is 0 Å². The minimum absolute atomic E-state index is 0. The van der Waals surface area contributed by atoms with Gasteiger partial charge in [0, 0.05) is 11.6 Å². The molecule has 0 unspecified atom stereocenters. The van der Waals surface area contributed by atoms with Crippen LogP contribution < -0.4 is 35.3 Å². The Morgan fingerprint density at radius 2 is 2.57 bits per heavy atom. The van der Waals surface area contributed by atoms with E-state index in [0.717, 1.165) is 0 Å². The van der Waals surface area contributed by atoms with Gasteiger partial charge in [-0.25, -0.2) is 4.98 Å². The number of thiazole rings is 1. The topological polar surface area (TPSA) is 38.9 Å². The number of nitrogen functional groups attached to an aromatic ring is 1. The molecule has 1 rings (SSSR count). The van der Waals surface area contributed by atoms with Crippen molar-refractivity contribution in [3.63, 3.8) is 0 Å². The molecular weight excluding hydrogens is 119 g/mol. The van der Waals surface area contributed by atoms with Crippen LogP contribution in [0.3, 0.4) is 0 Å². The first-order chi connectivity index (χ1) is 2.89. The third-order valence-corrected chi connectivity index (χ3v) is 1.06. The van der Waals surface area contributed by atoms with Crippen LogP contribution in [0.5, 0.6) is 0 Å². The molecule has 34 valence electrons. The molecule has 2 N–H and O–H groups in total. The van der Waals surface area contributed by atoms with Crippen molar-refractivity contribution in [1.82, 2.24) is 4.98 Å². The molecule has 0 amide bonds. The molecule has 0 fully saturated rings. The monoisotopic (exact) mass is 124 g/mol. The fraction of sp³-hybridized carbons (Fsp3) is 0. The van der Waals surface area contributed by atoms with Gasteiger partial charge in [0.25, 0.3) is 0 Å². The van der Waals surface area contributed by atoms with Gasteiger partial charge in [0.15, 0.2) is 5.13 Å². The first-order valence-corrected chi connectivity index (χ1v) is 2.42. The Balaban J connectivity index is 0. The number of nitrogens with zero attached hydrogens (tertiary/aromatic N) is 1. The number of aromatic nitrogens is 1. The van der Waals surface area contributed by atoms with E-state index >= 15 is 0 Å². The van der Waals surface area contributed by atoms with Gasteiger partial charge in [-0.05, 0) is 0 Å². The Hall–Kier alpha value is 0.430. The third-order valence-electron chi connectivity index (χ3n) is 0.451. The number of nitrogens with two attached hydrogens (primary N) is 1. The van der Waals surface area contributed by atoms with Gasteiger partial charge in [0.05, 0.1) is 0 Å². The Morgan fingerprint density at radius 1 is 1.86 bits per heavy atom. The SMILES string of the molecule is Nc1nccs1.[H-].[Na+]. The van der Waals surface area contributed by atoms with E-state index in [1.54, 1.807) is 6.20 Å². The maximum atomic E-state index is 5.19. The first-order valence-electron chi connectivity index (χ1n) is 1.54. The molecule has 0 aliphatic carbocycles. The molecule has 7 heavy (non-hydrogen) atoms. The van der Waals surface area contributed by atoms with E-state index in [2.05, 4.69) is 4.98 Å². The summed E-state index contributed by atoms with van der Waals surface area (Å²) in [5.41, 5.74) is 5.19. The Kier molecular flexibility index (Phi) is 3.65. The van der Waals surface area contributed by atoms with E-state index in [1.165, 1.54) is 11.3 Å². The molecule has 1 aromatic heterocycles. The van der Waals surface area contributed by atoms with Crippen molar-refractivity contribution in [2.24, 2.45) is 0 Å². The zero-order valence-electron chi connectivity index (χ0n) is 5.09. The fourth-order valence-electron chi connectivity index (χ4n) is 0.234. The van der Waals surface area contributed by atoms with Crippen LogP contribution in [0.25, 0.3) is 0 Å². The van der Waals surface area contributed by atoms with E-state index in [9.17, 15) is 0 Å². The summed E-state index contributed by atoms with van der Waals surface area (Å²) in [5, 5.41) is 2.48. The van der Waals surface area contributed by atoms with Gasteiger partial charge in [0.1, 0.15) is 0 Å². The zero-order chi connectivity index (χ0) is 4.41. The van der Waals surface area contributed by atoms with Crippen molar-refractivity contribution in [3.8, 4) is 0 Å². The van der Waals surface area contributed by atoms with Crippen molar-refractivity contribution < 1.29 is 31.0 Å². The van der Waals surface area contributed by atoms with Gasteiger partial charge in [-0.3, -0.25) is 0 Å².